The van der Waals surface area contributed by atoms with E-state index in [1.807, 2.05) is 6.92 Å². The SMILES string of the molecule is CCCCC[C@H](CN(O)C=O)C(=O)NCNC(=O)c1ccc(-c2ccc(F)c(OC)c2)o1. The molecular weight excluding hydrogens is 421 g/mol. The van der Waals surface area contributed by atoms with Gasteiger partial charge in [-0.05, 0) is 36.8 Å². The van der Waals surface area contributed by atoms with Crippen molar-refractivity contribution in [3.05, 3.63) is 41.9 Å². The van der Waals surface area contributed by atoms with Crippen LogP contribution in [0, 0.1) is 11.7 Å². The Morgan fingerprint density at radius 3 is 2.72 bits per heavy atom. The van der Waals surface area contributed by atoms with Crippen LogP contribution in [-0.4, -0.2) is 48.8 Å². The molecule has 0 aliphatic rings. The lowest BCUT2D eigenvalue weighted by molar-refractivity contribution is -0.154. The van der Waals surface area contributed by atoms with E-state index in [-0.39, 0.29) is 37.0 Å². The minimum atomic E-state index is -0.600. The van der Waals surface area contributed by atoms with Gasteiger partial charge in [-0.2, -0.15) is 0 Å². The number of unbranched alkanes of at least 4 members (excludes halogenated alkanes) is 2. The van der Waals surface area contributed by atoms with E-state index in [0.717, 1.165) is 19.3 Å². The van der Waals surface area contributed by atoms with Crippen LogP contribution in [0.2, 0.25) is 0 Å². The second-order valence-electron chi connectivity index (χ2n) is 7.16. The molecule has 0 aliphatic heterocycles. The zero-order valence-corrected chi connectivity index (χ0v) is 18.1. The molecular formula is C22H28FN3O6. The second kappa shape index (κ2) is 12.5. The number of hydrogen-bond donors (Lipinski definition) is 3. The molecule has 0 spiro atoms. The van der Waals surface area contributed by atoms with Gasteiger partial charge in [-0.3, -0.25) is 19.6 Å². The Bertz CT molecular complexity index is 917. The zero-order valence-electron chi connectivity index (χ0n) is 18.1. The van der Waals surface area contributed by atoms with Gasteiger partial charge in [-0.15, -0.1) is 0 Å². The molecule has 32 heavy (non-hydrogen) atoms. The highest BCUT2D eigenvalue weighted by atomic mass is 19.1. The average molecular weight is 449 g/mol. The van der Waals surface area contributed by atoms with E-state index in [4.69, 9.17) is 9.15 Å². The minimum absolute atomic E-state index is 0.0134. The smallest absolute Gasteiger partial charge is 0.288 e. The first-order chi connectivity index (χ1) is 15.4. The second-order valence-corrected chi connectivity index (χ2v) is 7.16. The van der Waals surface area contributed by atoms with Crippen LogP contribution in [-0.2, 0) is 9.59 Å². The van der Waals surface area contributed by atoms with E-state index in [1.165, 1.54) is 31.4 Å². The van der Waals surface area contributed by atoms with Gasteiger partial charge in [0.05, 0.1) is 26.2 Å². The first-order valence-corrected chi connectivity index (χ1v) is 10.3. The normalized spacial score (nSPS) is 11.5. The van der Waals surface area contributed by atoms with E-state index in [0.29, 0.717) is 22.8 Å². The van der Waals surface area contributed by atoms with Crippen molar-refractivity contribution in [2.24, 2.45) is 5.92 Å². The summed E-state index contributed by atoms with van der Waals surface area (Å²) in [5.41, 5.74) is 0.536. The van der Waals surface area contributed by atoms with Crippen LogP contribution in [0.25, 0.3) is 11.3 Å². The Kier molecular flexibility index (Phi) is 9.68. The lowest BCUT2D eigenvalue weighted by Gasteiger charge is -2.19. The molecule has 174 valence electrons. The molecule has 0 fully saturated rings. The number of rotatable bonds is 13. The minimum Gasteiger partial charge on any atom is -0.494 e. The van der Waals surface area contributed by atoms with Crippen molar-refractivity contribution < 1.29 is 33.1 Å². The van der Waals surface area contributed by atoms with Crippen molar-refractivity contribution in [2.75, 3.05) is 20.3 Å². The van der Waals surface area contributed by atoms with Crippen molar-refractivity contribution in [2.45, 2.75) is 32.6 Å². The zero-order chi connectivity index (χ0) is 23.5. The van der Waals surface area contributed by atoms with E-state index < -0.39 is 17.6 Å². The lowest BCUT2D eigenvalue weighted by Crippen LogP contribution is -2.42. The molecule has 0 aliphatic carbocycles. The first kappa shape index (κ1) is 24.9. The number of carbonyl (C=O) groups is 3. The van der Waals surface area contributed by atoms with Gasteiger partial charge >= 0.3 is 0 Å². The Balaban J connectivity index is 1.91. The Labute approximate surface area is 185 Å². The maximum atomic E-state index is 13.6. The molecule has 3 N–H and O–H groups in total. The molecule has 10 heteroatoms. The van der Waals surface area contributed by atoms with Crippen molar-refractivity contribution in [3.8, 4) is 17.1 Å². The molecule has 1 atom stereocenters. The summed E-state index contributed by atoms with van der Waals surface area (Å²) < 4.78 is 24.0. The van der Waals surface area contributed by atoms with Crippen molar-refractivity contribution in [1.82, 2.24) is 15.7 Å². The molecule has 0 saturated carbocycles. The van der Waals surface area contributed by atoms with E-state index in [2.05, 4.69) is 10.6 Å². The van der Waals surface area contributed by atoms with E-state index in [1.54, 1.807) is 6.07 Å². The van der Waals surface area contributed by atoms with Gasteiger partial charge in [0.15, 0.2) is 17.3 Å². The van der Waals surface area contributed by atoms with Gasteiger partial charge in [-0.1, -0.05) is 26.2 Å². The summed E-state index contributed by atoms with van der Waals surface area (Å²) in [6, 6.07) is 7.23. The summed E-state index contributed by atoms with van der Waals surface area (Å²) in [6.45, 7) is 1.74. The van der Waals surface area contributed by atoms with Gasteiger partial charge in [0, 0.05) is 5.56 Å². The fraction of sp³-hybridized carbons (Fsp3) is 0.409. The van der Waals surface area contributed by atoms with Crippen LogP contribution in [0.3, 0.4) is 0 Å². The molecule has 1 aromatic carbocycles. The standard InChI is InChI=1S/C22H28FN3O6/c1-3-4-5-6-16(12-26(30)14-27)21(28)24-13-25-22(29)19-10-9-18(32-19)15-7-8-17(23)20(11-15)31-2/h7-11,14,16,30H,3-6,12-13H2,1-2H3,(H,24,28)(H,25,29)/t16-/m1/s1. The highest BCUT2D eigenvalue weighted by Crippen LogP contribution is 2.27. The molecule has 0 saturated heterocycles. The third kappa shape index (κ3) is 7.09. The number of carbonyl (C=O) groups excluding carboxylic acids is 3. The number of halogens is 1. The lowest BCUT2D eigenvalue weighted by atomic mass is 10.0. The van der Waals surface area contributed by atoms with Crippen LogP contribution in [0.5, 0.6) is 5.75 Å². The highest BCUT2D eigenvalue weighted by molar-refractivity contribution is 5.92. The van der Waals surface area contributed by atoms with Crippen LogP contribution < -0.4 is 15.4 Å². The van der Waals surface area contributed by atoms with Crippen molar-refractivity contribution in [3.63, 3.8) is 0 Å². The van der Waals surface area contributed by atoms with Gasteiger partial charge in [0.1, 0.15) is 5.76 Å². The van der Waals surface area contributed by atoms with Gasteiger partial charge in [-0.25, -0.2) is 9.45 Å². The summed E-state index contributed by atoms with van der Waals surface area (Å²) >= 11 is 0. The predicted molar refractivity (Wildman–Crippen MR) is 113 cm³/mol. The number of hydrogen-bond acceptors (Lipinski definition) is 6. The third-order valence-corrected chi connectivity index (χ3v) is 4.83. The van der Waals surface area contributed by atoms with Crippen molar-refractivity contribution in [1.29, 1.82) is 0 Å². The van der Waals surface area contributed by atoms with Crippen LogP contribution in [0.1, 0.15) is 43.2 Å². The number of benzene rings is 1. The maximum absolute atomic E-state index is 13.6. The molecule has 0 bridgehead atoms. The number of ether oxygens (including phenoxy) is 1. The van der Waals surface area contributed by atoms with Crippen LogP contribution in [0.15, 0.2) is 34.7 Å². The summed E-state index contributed by atoms with van der Waals surface area (Å²) in [5, 5.41) is 14.9. The Morgan fingerprint density at radius 2 is 2.03 bits per heavy atom. The van der Waals surface area contributed by atoms with Crippen LogP contribution >= 0.6 is 0 Å². The van der Waals surface area contributed by atoms with Crippen molar-refractivity contribution >= 4 is 18.2 Å². The first-order valence-electron chi connectivity index (χ1n) is 10.3. The molecule has 2 rings (SSSR count). The predicted octanol–water partition coefficient (Wildman–Crippen LogP) is 2.94. The number of furan rings is 1. The molecule has 1 aromatic heterocycles. The van der Waals surface area contributed by atoms with E-state index in [9.17, 15) is 24.0 Å². The molecule has 0 radical (unpaired) electrons. The summed E-state index contributed by atoms with van der Waals surface area (Å²) in [4.78, 5) is 35.4. The summed E-state index contributed by atoms with van der Waals surface area (Å²) in [7, 11) is 1.35. The average Bonchev–Trinajstić information content (AvgIpc) is 3.29. The maximum Gasteiger partial charge on any atom is 0.288 e. The summed E-state index contributed by atoms with van der Waals surface area (Å²) in [5.74, 6) is -1.63. The fourth-order valence-electron chi connectivity index (χ4n) is 3.09. The van der Waals surface area contributed by atoms with Gasteiger partial charge < -0.3 is 19.8 Å². The van der Waals surface area contributed by atoms with Gasteiger partial charge in [0.2, 0.25) is 12.3 Å². The number of hydroxylamine groups is 2. The Morgan fingerprint density at radius 1 is 1.25 bits per heavy atom. The molecule has 1 heterocycles. The molecule has 3 amide bonds. The summed E-state index contributed by atoms with van der Waals surface area (Å²) in [6.07, 6.45) is 3.41. The number of nitrogens with zero attached hydrogens (tertiary/aromatic N) is 1. The largest absolute Gasteiger partial charge is 0.494 e. The van der Waals surface area contributed by atoms with Crippen LogP contribution in [0.4, 0.5) is 4.39 Å². The van der Waals surface area contributed by atoms with E-state index >= 15 is 0 Å². The monoisotopic (exact) mass is 449 g/mol. The third-order valence-electron chi connectivity index (χ3n) is 4.83. The molecule has 0 unspecified atom stereocenters. The Hall–Kier alpha value is -3.40. The molecule has 9 nitrogen and oxygen atoms in total. The quantitative estimate of drug-likeness (QED) is 0.142. The fourth-order valence-corrected chi connectivity index (χ4v) is 3.09. The topological polar surface area (TPSA) is 121 Å². The number of methoxy groups -OCH3 is 1. The molecule has 2 aromatic rings. The number of nitrogens with one attached hydrogen (secondary N) is 2. The van der Waals surface area contributed by atoms with Gasteiger partial charge in [0.25, 0.3) is 5.91 Å². The highest BCUT2D eigenvalue weighted by Gasteiger charge is 2.21. The number of amides is 3.